The van der Waals surface area contributed by atoms with Crippen molar-refractivity contribution in [3.8, 4) is 0 Å². The van der Waals surface area contributed by atoms with E-state index in [1.54, 1.807) is 24.3 Å². The van der Waals surface area contributed by atoms with Crippen molar-refractivity contribution < 1.29 is 13.2 Å². The van der Waals surface area contributed by atoms with Gasteiger partial charge in [-0.05, 0) is 24.5 Å². The van der Waals surface area contributed by atoms with Crippen molar-refractivity contribution in [3.05, 3.63) is 29.8 Å². The number of Topliss-reactive ketones (excluding diaryl/α,β-unsaturated/α-hetero) is 1. The summed E-state index contributed by atoms with van der Waals surface area (Å²) in [5.41, 5.74) is 0.390. The van der Waals surface area contributed by atoms with Crippen molar-refractivity contribution in [1.29, 1.82) is 0 Å². The van der Waals surface area contributed by atoms with Crippen LogP contribution in [0.15, 0.2) is 24.3 Å². The van der Waals surface area contributed by atoms with E-state index in [1.807, 2.05) is 20.8 Å². The molecule has 0 radical (unpaired) electrons. The lowest BCUT2D eigenvalue weighted by atomic mass is 10.0. The first kappa shape index (κ1) is 14.7. The highest BCUT2D eigenvalue weighted by Gasteiger charge is 2.22. The molecule has 18 heavy (non-hydrogen) atoms. The number of ketones is 1. The van der Waals surface area contributed by atoms with Crippen molar-refractivity contribution in [3.63, 3.8) is 0 Å². The topological polar surface area (TPSA) is 63.2 Å². The first-order valence-corrected chi connectivity index (χ1v) is 7.36. The van der Waals surface area contributed by atoms with Crippen molar-refractivity contribution in [2.24, 2.45) is 5.41 Å². The number of carbonyl (C=O) groups is 1. The number of hydrogen-bond acceptors (Lipinski definition) is 3. The maximum absolute atomic E-state index is 12.0. The lowest BCUT2D eigenvalue weighted by molar-refractivity contribution is 0.101. The van der Waals surface area contributed by atoms with Crippen LogP contribution in [0.3, 0.4) is 0 Å². The highest BCUT2D eigenvalue weighted by atomic mass is 32.2. The highest BCUT2D eigenvalue weighted by molar-refractivity contribution is 7.92. The molecule has 1 N–H and O–H groups in total. The van der Waals surface area contributed by atoms with Gasteiger partial charge in [0.1, 0.15) is 0 Å². The van der Waals surface area contributed by atoms with Crippen LogP contribution in [0.1, 0.15) is 38.1 Å². The molecule has 0 saturated heterocycles. The monoisotopic (exact) mass is 269 g/mol. The second-order valence-electron chi connectivity index (χ2n) is 5.52. The van der Waals surface area contributed by atoms with Crippen LogP contribution in [0.25, 0.3) is 0 Å². The van der Waals surface area contributed by atoms with Gasteiger partial charge in [-0.15, -0.1) is 0 Å². The summed E-state index contributed by atoms with van der Waals surface area (Å²) in [7, 11) is -3.45. The Bertz CT molecular complexity index is 542. The molecule has 1 aromatic carbocycles. The Balaban J connectivity index is 3.02. The van der Waals surface area contributed by atoms with E-state index < -0.39 is 10.0 Å². The van der Waals surface area contributed by atoms with E-state index in [0.29, 0.717) is 11.3 Å². The summed E-state index contributed by atoms with van der Waals surface area (Å²) < 4.78 is 26.4. The summed E-state index contributed by atoms with van der Waals surface area (Å²) >= 11 is 0. The minimum Gasteiger partial charge on any atom is -0.294 e. The number of carbonyl (C=O) groups excluding carboxylic acids is 1. The molecule has 0 aliphatic carbocycles. The molecule has 0 amide bonds. The molecule has 1 aromatic rings. The van der Waals surface area contributed by atoms with Crippen molar-refractivity contribution in [2.45, 2.75) is 27.7 Å². The van der Waals surface area contributed by atoms with Crippen LogP contribution in [-0.2, 0) is 10.0 Å². The van der Waals surface area contributed by atoms with Gasteiger partial charge in [-0.1, -0.05) is 32.9 Å². The zero-order valence-electron chi connectivity index (χ0n) is 11.1. The first-order valence-electron chi connectivity index (χ1n) is 5.71. The van der Waals surface area contributed by atoms with Crippen LogP contribution in [0.2, 0.25) is 0 Å². The van der Waals surface area contributed by atoms with Crippen molar-refractivity contribution in [1.82, 2.24) is 0 Å². The molecule has 0 aliphatic heterocycles. The highest BCUT2D eigenvalue weighted by Crippen LogP contribution is 2.21. The predicted molar refractivity (Wildman–Crippen MR) is 73.3 cm³/mol. The molecule has 0 unspecified atom stereocenters. The summed E-state index contributed by atoms with van der Waals surface area (Å²) in [5, 5.41) is 0. The van der Waals surface area contributed by atoms with E-state index in [9.17, 15) is 13.2 Å². The number of sulfonamides is 1. The number of para-hydroxylation sites is 1. The summed E-state index contributed by atoms with van der Waals surface area (Å²) in [4.78, 5) is 11.4. The van der Waals surface area contributed by atoms with Crippen LogP contribution in [0, 0.1) is 5.41 Å². The Labute approximate surface area is 108 Å². The SMILES string of the molecule is CC(=O)c1ccccc1NS(=O)(=O)CC(C)(C)C. The van der Waals surface area contributed by atoms with Crippen LogP contribution in [0.5, 0.6) is 0 Å². The largest absolute Gasteiger partial charge is 0.294 e. The molecule has 0 saturated carbocycles. The molecule has 0 atom stereocenters. The van der Waals surface area contributed by atoms with Crippen LogP contribution in [-0.4, -0.2) is 20.0 Å². The third-order valence-electron chi connectivity index (χ3n) is 2.19. The molecule has 0 heterocycles. The molecule has 4 nitrogen and oxygen atoms in total. The molecule has 1 rings (SSSR count). The summed E-state index contributed by atoms with van der Waals surface area (Å²) in [6.45, 7) is 6.96. The van der Waals surface area contributed by atoms with Gasteiger partial charge in [0.25, 0.3) is 0 Å². The number of rotatable bonds is 4. The lowest BCUT2D eigenvalue weighted by Crippen LogP contribution is -2.26. The fraction of sp³-hybridized carbons (Fsp3) is 0.462. The van der Waals surface area contributed by atoms with Gasteiger partial charge < -0.3 is 0 Å². The molecule has 0 aliphatic rings. The third-order valence-corrected chi connectivity index (χ3v) is 3.97. The van der Waals surface area contributed by atoms with Gasteiger partial charge in [0.15, 0.2) is 5.78 Å². The lowest BCUT2D eigenvalue weighted by Gasteiger charge is -2.19. The van der Waals surface area contributed by atoms with Gasteiger partial charge in [0.05, 0.1) is 11.4 Å². The Kier molecular flexibility index (Phi) is 4.16. The zero-order chi connectivity index (χ0) is 14.0. The predicted octanol–water partition coefficient (Wildman–Crippen LogP) is 2.68. The molecular weight excluding hydrogens is 250 g/mol. The Hall–Kier alpha value is -1.36. The van der Waals surface area contributed by atoms with Crippen molar-refractivity contribution in [2.75, 3.05) is 10.5 Å². The Morgan fingerprint density at radius 2 is 1.78 bits per heavy atom. The summed E-state index contributed by atoms with van der Waals surface area (Å²) in [6.07, 6.45) is 0. The smallest absolute Gasteiger partial charge is 0.233 e. The first-order chi connectivity index (χ1) is 8.11. The average Bonchev–Trinajstić information content (AvgIpc) is 2.13. The maximum Gasteiger partial charge on any atom is 0.233 e. The molecule has 0 aromatic heterocycles. The van der Waals surface area contributed by atoms with Gasteiger partial charge in [0, 0.05) is 5.56 Å². The standard InChI is InChI=1S/C13H19NO3S/c1-10(15)11-7-5-6-8-12(11)14-18(16,17)9-13(2,3)4/h5-8,14H,9H2,1-4H3. The van der Waals surface area contributed by atoms with E-state index in [1.165, 1.54) is 6.92 Å². The second kappa shape index (κ2) is 5.10. The van der Waals surface area contributed by atoms with E-state index in [-0.39, 0.29) is 17.0 Å². The molecule has 5 heteroatoms. The fourth-order valence-electron chi connectivity index (χ4n) is 1.65. The molecule has 0 bridgehead atoms. The molecular formula is C13H19NO3S. The van der Waals surface area contributed by atoms with Gasteiger partial charge in [0.2, 0.25) is 10.0 Å². The minimum absolute atomic E-state index is 0.00619. The van der Waals surface area contributed by atoms with Crippen LogP contribution >= 0.6 is 0 Å². The Morgan fingerprint density at radius 1 is 1.22 bits per heavy atom. The molecule has 0 fully saturated rings. The number of anilines is 1. The van der Waals surface area contributed by atoms with E-state index >= 15 is 0 Å². The summed E-state index contributed by atoms with van der Waals surface area (Å²) in [6, 6.07) is 6.61. The molecule has 100 valence electrons. The fourth-order valence-corrected chi connectivity index (χ4v) is 3.38. The number of benzene rings is 1. The minimum atomic E-state index is -3.45. The normalized spacial score (nSPS) is 12.2. The second-order valence-corrected chi connectivity index (χ2v) is 7.25. The van der Waals surface area contributed by atoms with Crippen LogP contribution < -0.4 is 4.72 Å². The molecule has 0 spiro atoms. The Morgan fingerprint density at radius 3 is 2.28 bits per heavy atom. The summed E-state index contributed by atoms with van der Waals surface area (Å²) in [5.74, 6) is -0.157. The third kappa shape index (κ3) is 4.49. The number of hydrogen-bond donors (Lipinski definition) is 1. The quantitative estimate of drug-likeness (QED) is 0.855. The maximum atomic E-state index is 12.0. The number of nitrogens with one attached hydrogen (secondary N) is 1. The van der Waals surface area contributed by atoms with Crippen LogP contribution in [0.4, 0.5) is 5.69 Å². The van der Waals surface area contributed by atoms with E-state index in [2.05, 4.69) is 4.72 Å². The van der Waals surface area contributed by atoms with E-state index in [0.717, 1.165) is 0 Å². The average molecular weight is 269 g/mol. The van der Waals surface area contributed by atoms with Gasteiger partial charge in [-0.2, -0.15) is 0 Å². The zero-order valence-corrected chi connectivity index (χ0v) is 12.0. The van der Waals surface area contributed by atoms with Gasteiger partial charge >= 0.3 is 0 Å². The van der Waals surface area contributed by atoms with E-state index in [4.69, 9.17) is 0 Å². The van der Waals surface area contributed by atoms with Crippen molar-refractivity contribution >= 4 is 21.5 Å². The van der Waals surface area contributed by atoms with Gasteiger partial charge in [-0.25, -0.2) is 8.42 Å². The van der Waals surface area contributed by atoms with Gasteiger partial charge in [-0.3, -0.25) is 9.52 Å².